The Balaban J connectivity index is 0.856. The number of benzene rings is 4. The Bertz CT molecular complexity index is 3960. The first-order chi connectivity index (χ1) is 42.1. The molecule has 0 bridgehead atoms. The van der Waals surface area contributed by atoms with Gasteiger partial charge in [-0.15, -0.1) is 0 Å². The van der Waals surface area contributed by atoms with E-state index in [0.29, 0.717) is 42.8 Å². The van der Waals surface area contributed by atoms with Crippen LogP contribution in [0.2, 0.25) is 0 Å². The normalized spacial score (nSPS) is 16.5. The zero-order valence-corrected chi connectivity index (χ0v) is 51.5. The number of aromatic amines is 1. The first-order valence-electron chi connectivity index (χ1n) is 30.3. The molecule has 2 aromatic heterocycles. The van der Waals surface area contributed by atoms with E-state index in [0.717, 1.165) is 73.2 Å². The van der Waals surface area contributed by atoms with Crippen LogP contribution in [0.4, 0.5) is 23.0 Å². The Morgan fingerprint density at radius 1 is 0.818 bits per heavy atom. The molecular weight excluding hydrogens is 1130 g/mol. The third-order valence-electron chi connectivity index (χ3n) is 16.8. The lowest BCUT2D eigenvalue weighted by Gasteiger charge is -2.28. The second kappa shape index (κ2) is 27.9. The predicted octanol–water partition coefficient (Wildman–Crippen LogP) is 10.7. The molecule has 0 saturated heterocycles. The number of unbranched alkanes of at least 4 members (excludes halogenated alkanes) is 3. The Morgan fingerprint density at radius 2 is 1.53 bits per heavy atom. The second-order valence-electron chi connectivity index (χ2n) is 23.8. The number of carboxylic acid groups (broad SMARTS) is 1. The average molecular weight is 1210 g/mol. The van der Waals surface area contributed by atoms with Crippen LogP contribution in [0.1, 0.15) is 155 Å². The monoisotopic (exact) mass is 1210 g/mol. The number of allylic oxidation sites excluding steroid dienone is 8. The molecule has 9 rings (SSSR count). The van der Waals surface area contributed by atoms with Crippen molar-refractivity contribution in [1.82, 2.24) is 30.6 Å². The van der Waals surface area contributed by atoms with Gasteiger partial charge >= 0.3 is 5.97 Å². The maximum absolute atomic E-state index is 13.7. The van der Waals surface area contributed by atoms with Crippen LogP contribution in [0.5, 0.6) is 0 Å². The molecule has 3 aliphatic rings. The summed E-state index contributed by atoms with van der Waals surface area (Å²) >= 11 is 0. The van der Waals surface area contributed by atoms with Gasteiger partial charge < -0.3 is 31.7 Å². The largest absolute Gasteiger partial charge is 0.480 e. The first kappa shape index (κ1) is 63.6. The van der Waals surface area contributed by atoms with Crippen molar-refractivity contribution in [2.75, 3.05) is 41.3 Å². The van der Waals surface area contributed by atoms with Gasteiger partial charge in [0.15, 0.2) is 16.9 Å². The van der Waals surface area contributed by atoms with Gasteiger partial charge in [0.05, 0.1) is 29.6 Å². The maximum atomic E-state index is 13.7. The molecule has 0 fully saturated rings. The van der Waals surface area contributed by atoms with E-state index in [9.17, 15) is 42.0 Å². The van der Waals surface area contributed by atoms with Crippen molar-refractivity contribution in [2.24, 2.45) is 0 Å². The van der Waals surface area contributed by atoms with Gasteiger partial charge in [0.2, 0.25) is 11.6 Å². The highest BCUT2D eigenvalue weighted by Gasteiger charge is 2.44. The quantitative estimate of drug-likeness (QED) is 0.0143. The van der Waals surface area contributed by atoms with Gasteiger partial charge in [0.1, 0.15) is 18.4 Å². The maximum Gasteiger partial charge on any atom is 0.326 e. The number of Topliss-reactive ketones (excluding diaryl/α,β-unsaturated/α-hetero) is 1. The molecule has 1 aliphatic carbocycles. The van der Waals surface area contributed by atoms with Gasteiger partial charge in [0.25, 0.3) is 27.5 Å². The van der Waals surface area contributed by atoms with Gasteiger partial charge in [0, 0.05) is 83.7 Å². The lowest BCUT2D eigenvalue weighted by Crippen LogP contribution is -2.41. The van der Waals surface area contributed by atoms with Crippen molar-refractivity contribution in [3.63, 3.8) is 0 Å². The molecule has 0 unspecified atom stereocenters. The molecule has 19 nitrogen and oxygen atoms in total. The molecule has 0 spiro atoms. The molecule has 20 heteroatoms. The van der Waals surface area contributed by atoms with Crippen molar-refractivity contribution in [3.05, 3.63) is 188 Å². The molecule has 4 aromatic carbocycles. The summed E-state index contributed by atoms with van der Waals surface area (Å²) in [5, 5.41) is 18.6. The Labute approximate surface area is 513 Å². The minimum absolute atomic E-state index is 0.0437. The summed E-state index contributed by atoms with van der Waals surface area (Å²) in [6, 6.07) is 29.7. The van der Waals surface area contributed by atoms with Gasteiger partial charge in [-0.05, 0) is 142 Å². The summed E-state index contributed by atoms with van der Waals surface area (Å²) in [7, 11) is -4.08. The van der Waals surface area contributed by atoms with Crippen LogP contribution in [-0.2, 0) is 37.1 Å². The Hall–Kier alpha value is -8.88. The number of hydrogen-bond acceptors (Lipinski definition) is 13. The number of anilines is 3. The second-order valence-corrected chi connectivity index (χ2v) is 25.4. The number of carboxylic acids is 1. The van der Waals surface area contributed by atoms with Crippen LogP contribution in [0.15, 0.2) is 149 Å². The minimum Gasteiger partial charge on any atom is -0.480 e. The van der Waals surface area contributed by atoms with Crippen LogP contribution < -0.4 is 32.1 Å². The molecular formula is C68H79N10O9S+. The fraction of sp³-hybridized carbons (Fsp3) is 0.368. The Morgan fingerprint density at radius 3 is 2.27 bits per heavy atom. The van der Waals surface area contributed by atoms with Crippen LogP contribution in [0, 0.1) is 0 Å². The number of para-hydroxylation sites is 2. The average Bonchev–Trinajstić information content (AvgIpc) is 1.68. The fourth-order valence-corrected chi connectivity index (χ4v) is 12.7. The predicted molar refractivity (Wildman–Crippen MR) is 345 cm³/mol. The lowest BCUT2D eigenvalue weighted by atomic mass is 9.79. The van der Waals surface area contributed by atoms with Crippen LogP contribution in [0.3, 0.4) is 0 Å². The molecule has 0 radical (unpaired) electrons. The number of nitrogen functional groups attached to an aromatic ring is 1. The number of carbonyl (C=O) groups is 4. The number of nitrogens with zero attached hydrogens (tertiary/aromatic N) is 5. The van der Waals surface area contributed by atoms with Gasteiger partial charge in [-0.1, -0.05) is 87.9 Å². The van der Waals surface area contributed by atoms with Crippen LogP contribution >= 0.6 is 0 Å². The van der Waals surface area contributed by atoms with E-state index in [4.69, 9.17) is 5.73 Å². The van der Waals surface area contributed by atoms with Crippen molar-refractivity contribution in [2.45, 2.75) is 135 Å². The van der Waals surface area contributed by atoms with E-state index in [1.165, 1.54) is 46.4 Å². The number of rotatable bonds is 27. The smallest absolute Gasteiger partial charge is 0.326 e. The van der Waals surface area contributed by atoms with Crippen LogP contribution in [-0.4, -0.2) is 103 Å². The van der Waals surface area contributed by atoms with E-state index in [2.05, 4.69) is 141 Å². The SMILES string of the molecule is CCCCC[N+]1=C(/C=C/C2=C(c3ccc(C(=O)NCCCC(=O)CC[C@H](NC(=O)c4ccc(NCc5cnc6nc(N)[nH]c(=O)c6n5)cc4)C(=O)O)cc3)C(=C/C=C3/N(CCCCS(=O)(=O)O)c4ccccc4C3(C)C)/CCC2)C(C)(C)c2ccccc21. The number of hydrogen-bond donors (Lipinski definition) is 7. The summed E-state index contributed by atoms with van der Waals surface area (Å²) in [6.07, 6.45) is 17.6. The standard InChI is InChI=1S/C68H78N10O9S/c1-6-7-12-39-77-55-22-10-8-20-52(55)67(2,3)57(77)36-30-44-17-15-18-45(31-37-58-68(4,5)53-21-9-11-23-56(53)78(58)40-13-14-41-88(85,86)87)59(44)46-24-26-47(27-25-46)62(80)70-38-16-19-51(79)34-35-54(65(83)84)74-63(81)48-28-32-49(33-29-48)71-42-50-43-72-61-60(73-50)64(82)76-66(69)75-61/h8-11,20-33,36-37,43,54H,6-7,12-19,34-35,38-42H2,1-5H3,(H7-,69,70,71,72,74,75,76,80,81,82,83,84,85,86,87)/p+1/t54-/m0/s1. The van der Waals surface area contributed by atoms with Crippen LogP contribution in [0.25, 0.3) is 16.7 Å². The molecule has 88 heavy (non-hydrogen) atoms. The molecule has 2 aliphatic heterocycles. The lowest BCUT2D eigenvalue weighted by molar-refractivity contribution is -0.438. The number of amides is 2. The molecule has 8 N–H and O–H groups in total. The molecule has 4 heterocycles. The molecule has 460 valence electrons. The summed E-state index contributed by atoms with van der Waals surface area (Å²) in [6.45, 7) is 13.2. The minimum atomic E-state index is -4.08. The highest BCUT2D eigenvalue weighted by molar-refractivity contribution is 7.85. The first-order valence-corrected chi connectivity index (χ1v) is 31.9. The zero-order chi connectivity index (χ0) is 62.8. The molecule has 0 saturated carbocycles. The van der Waals surface area contributed by atoms with E-state index < -0.39 is 33.6 Å². The third kappa shape index (κ3) is 15.1. The number of aliphatic carboxylic acids is 1. The fourth-order valence-electron chi connectivity index (χ4n) is 12.1. The highest BCUT2D eigenvalue weighted by atomic mass is 32.2. The van der Waals surface area contributed by atoms with Crippen molar-refractivity contribution in [3.8, 4) is 0 Å². The highest BCUT2D eigenvalue weighted by Crippen LogP contribution is 2.48. The number of nitrogens with one attached hydrogen (secondary N) is 4. The van der Waals surface area contributed by atoms with Gasteiger partial charge in [-0.3, -0.25) is 28.7 Å². The van der Waals surface area contributed by atoms with Crippen molar-refractivity contribution in [1.29, 1.82) is 0 Å². The van der Waals surface area contributed by atoms with E-state index in [1.807, 2.05) is 36.4 Å². The van der Waals surface area contributed by atoms with Gasteiger partial charge in [-0.2, -0.15) is 18.0 Å². The zero-order valence-electron chi connectivity index (χ0n) is 50.7. The van der Waals surface area contributed by atoms with E-state index in [1.54, 1.807) is 12.1 Å². The summed E-state index contributed by atoms with van der Waals surface area (Å²) < 4.78 is 35.3. The summed E-state index contributed by atoms with van der Waals surface area (Å²) in [5.74, 6) is -2.75. The Kier molecular flexibility index (Phi) is 20.1. The topological polar surface area (TPSA) is 283 Å². The number of fused-ring (bicyclic) bond motifs is 3. The molecule has 1 atom stereocenters. The number of aromatic nitrogens is 4. The number of H-pyrrole nitrogens is 1. The van der Waals surface area contributed by atoms with Crippen molar-refractivity contribution < 1.29 is 41.8 Å². The van der Waals surface area contributed by atoms with Crippen molar-refractivity contribution >= 4 is 79.1 Å². The summed E-state index contributed by atoms with van der Waals surface area (Å²) in [4.78, 5) is 81.4. The molecule has 6 aromatic rings. The van der Waals surface area contributed by atoms with E-state index in [-0.39, 0.29) is 83.3 Å². The number of ketones is 1. The number of nitrogens with two attached hydrogens (primary N) is 1. The molecule has 2 amide bonds. The van der Waals surface area contributed by atoms with E-state index >= 15 is 0 Å². The number of carbonyl (C=O) groups excluding carboxylic acids is 3. The third-order valence-corrected chi connectivity index (χ3v) is 17.6. The van der Waals surface area contributed by atoms with Gasteiger partial charge in [-0.25, -0.2) is 14.8 Å². The summed E-state index contributed by atoms with van der Waals surface area (Å²) in [5.41, 5.74) is 18.0.